The lowest BCUT2D eigenvalue weighted by Crippen LogP contribution is -2.08. The van der Waals surface area contributed by atoms with Crippen molar-refractivity contribution in [3.05, 3.63) is 29.8 Å². The molecule has 0 saturated carbocycles. The Morgan fingerprint density at radius 1 is 1.47 bits per heavy atom. The van der Waals surface area contributed by atoms with Gasteiger partial charge in [0.2, 0.25) is 0 Å². The van der Waals surface area contributed by atoms with E-state index >= 15 is 0 Å². The molecule has 88 valence electrons. The number of aromatic nitrogens is 4. The monoisotopic (exact) mass is 233 g/mol. The zero-order valence-electron chi connectivity index (χ0n) is 9.41. The predicted molar refractivity (Wildman–Crippen MR) is 59.6 cm³/mol. The fourth-order valence-corrected chi connectivity index (χ4v) is 1.26. The Hall–Kier alpha value is -2.44. The van der Waals surface area contributed by atoms with Crippen LogP contribution in [0.4, 0.5) is 5.82 Å². The molecule has 0 atom stereocenters. The molecule has 0 bridgehead atoms. The Kier molecular flexibility index (Phi) is 2.73. The van der Waals surface area contributed by atoms with Crippen molar-refractivity contribution in [1.29, 1.82) is 0 Å². The molecule has 0 radical (unpaired) electrons. The zero-order valence-corrected chi connectivity index (χ0v) is 9.41. The van der Waals surface area contributed by atoms with Crippen molar-refractivity contribution in [3.8, 4) is 5.82 Å². The summed E-state index contributed by atoms with van der Waals surface area (Å²) in [5.41, 5.74) is 6.58. The molecular formula is C10H11N5O2. The number of nitrogen functional groups attached to an aromatic ring is 1. The molecule has 17 heavy (non-hydrogen) atoms. The Morgan fingerprint density at radius 2 is 2.24 bits per heavy atom. The van der Waals surface area contributed by atoms with Crippen LogP contribution in [0, 0.1) is 6.92 Å². The Bertz CT molecular complexity index is 544. The topological polar surface area (TPSA) is 95.9 Å². The molecule has 0 amide bonds. The van der Waals surface area contributed by atoms with Crippen LogP contribution in [0.25, 0.3) is 5.82 Å². The number of aryl methyl sites for hydroxylation is 1. The van der Waals surface area contributed by atoms with Gasteiger partial charge in [0.25, 0.3) is 0 Å². The number of carbonyl (C=O) groups excluding carboxylic acids is 1. The van der Waals surface area contributed by atoms with E-state index in [1.807, 2.05) is 6.92 Å². The Morgan fingerprint density at radius 3 is 2.82 bits per heavy atom. The van der Waals surface area contributed by atoms with Crippen LogP contribution >= 0.6 is 0 Å². The van der Waals surface area contributed by atoms with Crippen molar-refractivity contribution in [2.45, 2.75) is 6.92 Å². The molecule has 2 heterocycles. The molecule has 2 rings (SSSR count). The molecule has 0 aromatic carbocycles. The highest BCUT2D eigenvalue weighted by Gasteiger charge is 2.10. The number of carbonyl (C=O) groups is 1. The van der Waals surface area contributed by atoms with Gasteiger partial charge < -0.3 is 10.5 Å². The van der Waals surface area contributed by atoms with Crippen LogP contribution in [-0.4, -0.2) is 32.8 Å². The van der Waals surface area contributed by atoms with Gasteiger partial charge in [0.1, 0.15) is 5.82 Å². The lowest BCUT2D eigenvalue weighted by molar-refractivity contribution is 0.0593. The third-order valence-corrected chi connectivity index (χ3v) is 2.19. The molecule has 2 aromatic rings. The van der Waals surface area contributed by atoms with E-state index in [0.717, 1.165) is 5.56 Å². The number of nitrogens with two attached hydrogens (primary N) is 1. The summed E-state index contributed by atoms with van der Waals surface area (Å²) in [6.45, 7) is 1.83. The van der Waals surface area contributed by atoms with Crippen LogP contribution in [0.5, 0.6) is 0 Å². The first-order valence-electron chi connectivity index (χ1n) is 4.84. The summed E-state index contributed by atoms with van der Waals surface area (Å²) in [5, 5.41) is 4.05. The van der Waals surface area contributed by atoms with Crippen LogP contribution in [-0.2, 0) is 4.74 Å². The maximum absolute atomic E-state index is 11.3. The van der Waals surface area contributed by atoms with Crippen molar-refractivity contribution >= 4 is 11.8 Å². The van der Waals surface area contributed by atoms with Gasteiger partial charge in [-0.2, -0.15) is 0 Å². The van der Waals surface area contributed by atoms with E-state index in [-0.39, 0.29) is 5.69 Å². The molecule has 0 saturated heterocycles. The van der Waals surface area contributed by atoms with Gasteiger partial charge in [0, 0.05) is 11.8 Å². The number of hydrogen-bond acceptors (Lipinski definition) is 6. The maximum atomic E-state index is 11.3. The summed E-state index contributed by atoms with van der Waals surface area (Å²) < 4.78 is 6.02. The van der Waals surface area contributed by atoms with Gasteiger partial charge in [0.05, 0.1) is 19.5 Å². The first-order chi connectivity index (χ1) is 8.11. The van der Waals surface area contributed by atoms with Crippen LogP contribution in [0.3, 0.4) is 0 Å². The maximum Gasteiger partial charge on any atom is 0.358 e. The minimum atomic E-state index is -0.545. The number of nitrogens with zero attached hydrogens (tertiary/aromatic N) is 4. The Labute approximate surface area is 97.2 Å². The van der Waals surface area contributed by atoms with Crippen molar-refractivity contribution in [1.82, 2.24) is 19.7 Å². The molecule has 7 nitrogen and oxygen atoms in total. The molecule has 2 N–H and O–H groups in total. The van der Waals surface area contributed by atoms with Crippen molar-refractivity contribution in [2.24, 2.45) is 0 Å². The molecule has 0 spiro atoms. The number of esters is 1. The summed E-state index contributed by atoms with van der Waals surface area (Å²) in [6.07, 6.45) is 4.52. The number of ether oxygens (including phenoxy) is 1. The van der Waals surface area contributed by atoms with E-state index in [4.69, 9.17) is 5.73 Å². The molecule has 0 aliphatic heterocycles. The first kappa shape index (κ1) is 11.1. The van der Waals surface area contributed by atoms with Gasteiger partial charge in [0.15, 0.2) is 11.5 Å². The van der Waals surface area contributed by atoms with Gasteiger partial charge >= 0.3 is 5.97 Å². The van der Waals surface area contributed by atoms with Gasteiger partial charge in [-0.05, 0) is 6.92 Å². The van der Waals surface area contributed by atoms with Crippen molar-refractivity contribution in [3.63, 3.8) is 0 Å². The third-order valence-electron chi connectivity index (χ3n) is 2.19. The largest absolute Gasteiger partial charge is 0.464 e. The van der Waals surface area contributed by atoms with E-state index < -0.39 is 5.97 Å². The van der Waals surface area contributed by atoms with E-state index in [2.05, 4.69) is 19.8 Å². The second kappa shape index (κ2) is 4.20. The normalized spacial score (nSPS) is 10.2. The summed E-state index contributed by atoms with van der Waals surface area (Å²) in [7, 11) is 1.28. The van der Waals surface area contributed by atoms with Crippen molar-refractivity contribution < 1.29 is 9.53 Å². The quantitative estimate of drug-likeness (QED) is 0.751. The fraction of sp³-hybridized carbons (Fsp3) is 0.200. The summed E-state index contributed by atoms with van der Waals surface area (Å²) in [5.74, 6) is 0.277. The summed E-state index contributed by atoms with van der Waals surface area (Å²) in [6, 6.07) is 0. The van der Waals surface area contributed by atoms with Gasteiger partial charge in [-0.25, -0.2) is 14.5 Å². The van der Waals surface area contributed by atoms with Crippen LogP contribution < -0.4 is 5.73 Å². The van der Waals surface area contributed by atoms with E-state index in [1.54, 1.807) is 6.20 Å². The second-order valence-corrected chi connectivity index (χ2v) is 3.40. The van der Waals surface area contributed by atoms with Gasteiger partial charge in [-0.15, -0.1) is 5.10 Å². The number of hydrogen-bond donors (Lipinski definition) is 1. The Balaban J connectivity index is 2.42. The van der Waals surface area contributed by atoms with Gasteiger partial charge in [-0.3, -0.25) is 4.98 Å². The summed E-state index contributed by atoms with van der Waals surface area (Å²) in [4.78, 5) is 19.3. The predicted octanol–water partition coefficient (Wildman–Crippen LogP) is 0.340. The lowest BCUT2D eigenvalue weighted by atomic mass is 10.4. The van der Waals surface area contributed by atoms with E-state index in [0.29, 0.717) is 11.6 Å². The zero-order chi connectivity index (χ0) is 12.4. The molecular weight excluding hydrogens is 222 g/mol. The van der Waals surface area contributed by atoms with Crippen LogP contribution in [0.15, 0.2) is 18.6 Å². The van der Waals surface area contributed by atoms with E-state index in [1.165, 1.54) is 24.2 Å². The average Bonchev–Trinajstić information content (AvgIpc) is 2.69. The SMILES string of the molecule is COC(=O)c1cncc(-n2cc(C)c(N)n2)n1. The molecule has 0 aliphatic rings. The standard InChI is InChI=1S/C10H11N5O2/c1-6-5-15(14-9(6)11)8-4-12-3-7(13-8)10(16)17-2/h3-5H,1-2H3,(H2,11,14). The third kappa shape index (κ3) is 2.07. The molecule has 7 heteroatoms. The van der Waals surface area contributed by atoms with Crippen molar-refractivity contribution in [2.75, 3.05) is 12.8 Å². The molecule has 0 unspecified atom stereocenters. The first-order valence-corrected chi connectivity index (χ1v) is 4.84. The number of anilines is 1. The highest BCUT2D eigenvalue weighted by molar-refractivity contribution is 5.86. The highest BCUT2D eigenvalue weighted by Crippen LogP contribution is 2.10. The molecule has 0 fully saturated rings. The second-order valence-electron chi connectivity index (χ2n) is 3.40. The minimum absolute atomic E-state index is 0.122. The van der Waals surface area contributed by atoms with Crippen LogP contribution in [0.2, 0.25) is 0 Å². The van der Waals surface area contributed by atoms with Crippen LogP contribution in [0.1, 0.15) is 16.1 Å². The number of methoxy groups -OCH3 is 1. The molecule has 2 aromatic heterocycles. The lowest BCUT2D eigenvalue weighted by Gasteiger charge is -2.01. The van der Waals surface area contributed by atoms with E-state index in [9.17, 15) is 4.79 Å². The average molecular weight is 233 g/mol. The minimum Gasteiger partial charge on any atom is -0.464 e. The molecule has 0 aliphatic carbocycles. The number of rotatable bonds is 2. The fourth-order valence-electron chi connectivity index (χ4n) is 1.26. The van der Waals surface area contributed by atoms with Gasteiger partial charge in [-0.1, -0.05) is 0 Å². The summed E-state index contributed by atoms with van der Waals surface area (Å²) >= 11 is 0. The highest BCUT2D eigenvalue weighted by atomic mass is 16.5. The smallest absolute Gasteiger partial charge is 0.358 e.